The smallest absolute Gasteiger partial charge is 0.434 e. The molecule has 1 amide bonds. The van der Waals surface area contributed by atoms with Gasteiger partial charge in [0.2, 0.25) is 5.91 Å². The number of piperazine rings is 1. The molecule has 1 aliphatic rings. The zero-order valence-corrected chi connectivity index (χ0v) is 14.1. The molecule has 136 valence electrons. The molecule has 0 atom stereocenters. The Hall–Kier alpha value is -2.68. The second kappa shape index (κ2) is 8.97. The van der Waals surface area contributed by atoms with Crippen molar-refractivity contribution in [2.75, 3.05) is 39.3 Å². The molecule has 1 aromatic rings. The minimum absolute atomic E-state index is 0.0782. The third kappa shape index (κ3) is 6.03. The van der Waals surface area contributed by atoms with Crippen molar-refractivity contribution in [2.45, 2.75) is 13.3 Å². The first-order chi connectivity index (χ1) is 12.0. The van der Waals surface area contributed by atoms with Crippen molar-refractivity contribution in [3.05, 3.63) is 34.4 Å². The molecule has 2 rings (SSSR count). The summed E-state index contributed by atoms with van der Waals surface area (Å²) in [6.07, 6.45) is -0.176. The summed E-state index contributed by atoms with van der Waals surface area (Å²) in [5.74, 6) is 0.285. The van der Waals surface area contributed by atoms with Crippen LogP contribution in [0.15, 0.2) is 24.3 Å². The normalized spacial score (nSPS) is 14.8. The lowest BCUT2D eigenvalue weighted by Gasteiger charge is -2.34. The van der Waals surface area contributed by atoms with Crippen molar-refractivity contribution in [3.63, 3.8) is 0 Å². The van der Waals surface area contributed by atoms with Gasteiger partial charge < -0.3 is 14.4 Å². The lowest BCUT2D eigenvalue weighted by Crippen LogP contribution is -2.48. The Morgan fingerprint density at radius 1 is 1.16 bits per heavy atom. The summed E-state index contributed by atoms with van der Waals surface area (Å²) in [7, 11) is 0. The number of nitro benzene ring substituents is 1. The van der Waals surface area contributed by atoms with Crippen LogP contribution in [-0.2, 0) is 9.53 Å². The minimum Gasteiger partial charge on any atom is -0.434 e. The van der Waals surface area contributed by atoms with Gasteiger partial charge in [-0.2, -0.15) is 0 Å². The highest BCUT2D eigenvalue weighted by atomic mass is 16.7. The molecule has 0 aliphatic carbocycles. The van der Waals surface area contributed by atoms with Crippen molar-refractivity contribution in [2.24, 2.45) is 0 Å². The topological polar surface area (TPSA) is 102 Å². The van der Waals surface area contributed by atoms with Crippen molar-refractivity contribution >= 4 is 17.7 Å². The van der Waals surface area contributed by atoms with Crippen molar-refractivity contribution in [1.29, 1.82) is 0 Å². The average molecular weight is 351 g/mol. The second-order valence-electron chi connectivity index (χ2n) is 5.65. The van der Waals surface area contributed by atoms with E-state index in [1.165, 1.54) is 24.3 Å². The highest BCUT2D eigenvalue weighted by Gasteiger charge is 2.18. The predicted octanol–water partition coefficient (Wildman–Crippen LogP) is 1.66. The first-order valence-corrected chi connectivity index (χ1v) is 8.02. The van der Waals surface area contributed by atoms with Gasteiger partial charge in [0, 0.05) is 51.8 Å². The molecule has 1 aromatic carbocycles. The van der Waals surface area contributed by atoms with Gasteiger partial charge in [-0.15, -0.1) is 0 Å². The standard InChI is InChI=1S/C16H21N3O6/c1-13(20)18-10-8-17(9-11-18)7-2-12-24-16(21)25-15-5-3-14(4-6-15)19(22)23/h3-6H,2,7-12H2,1H3. The van der Waals surface area contributed by atoms with E-state index in [4.69, 9.17) is 9.47 Å². The zero-order valence-electron chi connectivity index (χ0n) is 14.1. The third-order valence-electron chi connectivity index (χ3n) is 3.90. The van der Waals surface area contributed by atoms with E-state index in [0.717, 1.165) is 32.7 Å². The molecule has 0 N–H and O–H groups in total. The van der Waals surface area contributed by atoms with E-state index >= 15 is 0 Å². The summed E-state index contributed by atoms with van der Waals surface area (Å²) < 4.78 is 9.93. The number of carbonyl (C=O) groups excluding carboxylic acids is 2. The molecule has 0 unspecified atom stereocenters. The molecule has 9 heteroatoms. The van der Waals surface area contributed by atoms with Gasteiger partial charge in [-0.3, -0.25) is 19.8 Å². The summed E-state index contributed by atoms with van der Waals surface area (Å²) in [6, 6.07) is 5.19. The van der Waals surface area contributed by atoms with Crippen LogP contribution in [0.3, 0.4) is 0 Å². The Bertz CT molecular complexity index is 611. The van der Waals surface area contributed by atoms with E-state index in [-0.39, 0.29) is 24.0 Å². The summed E-state index contributed by atoms with van der Waals surface area (Å²) in [4.78, 5) is 36.8. The van der Waals surface area contributed by atoms with Gasteiger partial charge in [0.05, 0.1) is 11.5 Å². The number of ether oxygens (including phenoxy) is 2. The van der Waals surface area contributed by atoms with Gasteiger partial charge in [-0.1, -0.05) is 0 Å². The summed E-state index contributed by atoms with van der Waals surface area (Å²) >= 11 is 0. The largest absolute Gasteiger partial charge is 0.513 e. The fraction of sp³-hybridized carbons (Fsp3) is 0.500. The number of amides is 1. The molecule has 1 aliphatic heterocycles. The Morgan fingerprint density at radius 3 is 2.36 bits per heavy atom. The minimum atomic E-state index is -0.838. The van der Waals surface area contributed by atoms with Crippen LogP contribution in [0.4, 0.5) is 10.5 Å². The van der Waals surface area contributed by atoms with E-state index in [0.29, 0.717) is 6.42 Å². The molecule has 1 saturated heterocycles. The Balaban J connectivity index is 1.61. The first kappa shape index (κ1) is 18.7. The van der Waals surface area contributed by atoms with Crippen LogP contribution in [0.1, 0.15) is 13.3 Å². The highest BCUT2D eigenvalue weighted by molar-refractivity contribution is 5.73. The number of carbonyl (C=O) groups is 2. The molecular formula is C16H21N3O6. The lowest BCUT2D eigenvalue weighted by atomic mass is 10.3. The van der Waals surface area contributed by atoms with Gasteiger partial charge >= 0.3 is 6.16 Å². The lowest BCUT2D eigenvalue weighted by molar-refractivity contribution is -0.384. The fourth-order valence-corrected chi connectivity index (χ4v) is 2.49. The molecule has 0 radical (unpaired) electrons. The van der Waals surface area contributed by atoms with Gasteiger partial charge in [-0.05, 0) is 18.6 Å². The second-order valence-corrected chi connectivity index (χ2v) is 5.65. The van der Waals surface area contributed by atoms with Crippen LogP contribution in [-0.4, -0.2) is 66.1 Å². The molecule has 1 heterocycles. The van der Waals surface area contributed by atoms with E-state index in [1.807, 2.05) is 4.90 Å². The molecule has 0 saturated carbocycles. The average Bonchev–Trinajstić information content (AvgIpc) is 2.59. The molecule has 0 spiro atoms. The number of benzene rings is 1. The van der Waals surface area contributed by atoms with E-state index in [2.05, 4.69) is 4.90 Å². The van der Waals surface area contributed by atoms with Crippen molar-refractivity contribution in [1.82, 2.24) is 9.80 Å². The Morgan fingerprint density at radius 2 is 1.80 bits per heavy atom. The van der Waals surface area contributed by atoms with Crippen molar-refractivity contribution in [3.8, 4) is 5.75 Å². The first-order valence-electron chi connectivity index (χ1n) is 8.02. The van der Waals surface area contributed by atoms with Crippen LogP contribution in [0.2, 0.25) is 0 Å². The fourth-order valence-electron chi connectivity index (χ4n) is 2.49. The summed E-state index contributed by atoms with van der Waals surface area (Å²) in [5, 5.41) is 10.5. The van der Waals surface area contributed by atoms with E-state index < -0.39 is 11.1 Å². The molecule has 9 nitrogen and oxygen atoms in total. The third-order valence-corrected chi connectivity index (χ3v) is 3.90. The quantitative estimate of drug-likeness (QED) is 0.252. The number of hydrogen-bond acceptors (Lipinski definition) is 7. The van der Waals surface area contributed by atoms with Crippen LogP contribution >= 0.6 is 0 Å². The number of hydrogen-bond donors (Lipinski definition) is 0. The van der Waals surface area contributed by atoms with Gasteiger partial charge in [0.15, 0.2) is 0 Å². The molecule has 1 fully saturated rings. The zero-order chi connectivity index (χ0) is 18.2. The Kier molecular flexibility index (Phi) is 6.70. The van der Waals surface area contributed by atoms with Crippen LogP contribution < -0.4 is 4.74 Å². The van der Waals surface area contributed by atoms with Crippen LogP contribution in [0, 0.1) is 10.1 Å². The number of nitro groups is 1. The summed E-state index contributed by atoms with van der Waals surface area (Å²) in [6.45, 7) is 5.63. The number of nitrogens with zero attached hydrogens (tertiary/aromatic N) is 3. The van der Waals surface area contributed by atoms with Crippen molar-refractivity contribution < 1.29 is 24.0 Å². The monoisotopic (exact) mass is 351 g/mol. The maximum absolute atomic E-state index is 11.6. The van der Waals surface area contributed by atoms with Gasteiger partial charge in [-0.25, -0.2) is 4.79 Å². The van der Waals surface area contributed by atoms with E-state index in [1.54, 1.807) is 6.92 Å². The van der Waals surface area contributed by atoms with E-state index in [9.17, 15) is 19.7 Å². The van der Waals surface area contributed by atoms with Crippen LogP contribution in [0.25, 0.3) is 0 Å². The number of rotatable bonds is 6. The SMILES string of the molecule is CC(=O)N1CCN(CCCOC(=O)Oc2ccc([N+](=O)[O-])cc2)CC1. The van der Waals surface area contributed by atoms with Gasteiger partial charge in [0.1, 0.15) is 5.75 Å². The van der Waals surface area contributed by atoms with Crippen LogP contribution in [0.5, 0.6) is 5.75 Å². The molecular weight excluding hydrogens is 330 g/mol. The maximum atomic E-state index is 11.6. The summed E-state index contributed by atoms with van der Waals surface area (Å²) in [5.41, 5.74) is -0.0782. The van der Waals surface area contributed by atoms with Gasteiger partial charge in [0.25, 0.3) is 5.69 Å². The molecule has 0 bridgehead atoms. The predicted molar refractivity (Wildman–Crippen MR) is 88.4 cm³/mol. The maximum Gasteiger partial charge on any atom is 0.513 e. The Labute approximate surface area is 145 Å². The highest BCUT2D eigenvalue weighted by Crippen LogP contribution is 2.17. The number of non-ortho nitro benzene ring substituents is 1. The molecule has 0 aromatic heterocycles. The molecule has 25 heavy (non-hydrogen) atoms.